The summed E-state index contributed by atoms with van der Waals surface area (Å²) in [6, 6.07) is 16.2. The Bertz CT molecular complexity index is 976. The number of likely N-dealkylation sites (tertiary alicyclic amines) is 1. The number of aromatic nitrogens is 2. The second kappa shape index (κ2) is 6.48. The average molecular weight is 363 g/mol. The quantitative estimate of drug-likeness (QED) is 0.759. The molecule has 1 spiro atoms. The second-order valence-corrected chi connectivity index (χ2v) is 7.09. The third-order valence-electron chi connectivity index (χ3n) is 5.50. The molecule has 2 aromatic carbocycles. The summed E-state index contributed by atoms with van der Waals surface area (Å²) in [5.41, 5.74) is 2.32. The Labute approximate surface area is 157 Å². The summed E-state index contributed by atoms with van der Waals surface area (Å²) in [5.74, 6) is -0.499. The summed E-state index contributed by atoms with van der Waals surface area (Å²) in [7, 11) is 0. The van der Waals surface area contributed by atoms with E-state index in [-0.39, 0.29) is 5.91 Å². The van der Waals surface area contributed by atoms with Gasteiger partial charge in [0.1, 0.15) is 5.69 Å². The lowest BCUT2D eigenvalue weighted by molar-refractivity contribution is -0.181. The van der Waals surface area contributed by atoms with Crippen molar-refractivity contribution in [3.63, 3.8) is 0 Å². The Kier molecular flexibility index (Phi) is 3.95. The lowest BCUT2D eigenvalue weighted by Crippen LogP contribution is -2.47. The highest BCUT2D eigenvalue weighted by atomic mass is 16.7. The van der Waals surface area contributed by atoms with E-state index in [0.29, 0.717) is 44.8 Å². The molecule has 0 unspecified atom stereocenters. The predicted molar refractivity (Wildman–Crippen MR) is 101 cm³/mol. The predicted octanol–water partition coefficient (Wildman–Crippen LogP) is 3.21. The third kappa shape index (κ3) is 2.91. The Morgan fingerprint density at radius 1 is 1.04 bits per heavy atom. The molecule has 3 heterocycles. The Morgan fingerprint density at radius 3 is 2.59 bits per heavy atom. The Morgan fingerprint density at radius 2 is 1.78 bits per heavy atom. The minimum absolute atomic E-state index is 0.0261. The van der Waals surface area contributed by atoms with Crippen molar-refractivity contribution in [2.45, 2.75) is 18.6 Å². The highest BCUT2D eigenvalue weighted by Crippen LogP contribution is 2.32. The number of ether oxygens (including phenoxy) is 2. The zero-order chi connectivity index (χ0) is 18.3. The Hall–Kier alpha value is -2.70. The summed E-state index contributed by atoms with van der Waals surface area (Å²) >= 11 is 0. The fourth-order valence-corrected chi connectivity index (χ4v) is 4.02. The average Bonchev–Trinajstić information content (AvgIpc) is 3.38. The number of H-pyrrole nitrogens is 1. The fourth-order valence-electron chi connectivity index (χ4n) is 4.02. The van der Waals surface area contributed by atoms with Crippen LogP contribution in [-0.4, -0.2) is 53.1 Å². The molecular weight excluding hydrogens is 342 g/mol. The summed E-state index contributed by atoms with van der Waals surface area (Å²) in [5, 5.41) is 9.61. The van der Waals surface area contributed by atoms with E-state index in [2.05, 4.69) is 28.4 Å². The van der Waals surface area contributed by atoms with Gasteiger partial charge < -0.3 is 14.4 Å². The van der Waals surface area contributed by atoms with Gasteiger partial charge in [0.05, 0.1) is 18.9 Å². The lowest BCUT2D eigenvalue weighted by Gasteiger charge is -2.37. The number of rotatable bonds is 2. The zero-order valence-electron chi connectivity index (χ0n) is 15.0. The maximum Gasteiger partial charge on any atom is 0.271 e. The number of nitrogens with one attached hydrogen (secondary N) is 1. The van der Waals surface area contributed by atoms with Crippen molar-refractivity contribution >= 4 is 16.7 Å². The van der Waals surface area contributed by atoms with Gasteiger partial charge in [0.15, 0.2) is 5.79 Å². The number of nitrogens with zero attached hydrogens (tertiary/aromatic N) is 2. The lowest BCUT2D eigenvalue weighted by atomic mass is 10.0. The first-order chi connectivity index (χ1) is 13.2. The number of benzene rings is 2. The number of piperidine rings is 1. The van der Waals surface area contributed by atoms with Gasteiger partial charge in [0.2, 0.25) is 0 Å². The number of amides is 1. The standard InChI is InChI=1S/C21H21N3O3/c25-20(24-10-8-21(9-11-24)26-12-13-27-21)19-14-18(22-23-19)17-7-3-5-15-4-1-2-6-16(15)17/h1-7,14H,8-13H2,(H,22,23). The van der Waals surface area contributed by atoms with E-state index in [1.54, 1.807) is 0 Å². The third-order valence-corrected chi connectivity index (χ3v) is 5.50. The maximum absolute atomic E-state index is 12.9. The summed E-state index contributed by atoms with van der Waals surface area (Å²) < 4.78 is 11.5. The number of carbonyl (C=O) groups is 1. The minimum atomic E-state index is -0.473. The van der Waals surface area contributed by atoms with Crippen LogP contribution in [0.5, 0.6) is 0 Å². The van der Waals surface area contributed by atoms with Crippen LogP contribution in [0.4, 0.5) is 0 Å². The van der Waals surface area contributed by atoms with E-state index in [1.165, 1.54) is 0 Å². The molecule has 2 aliphatic rings. The van der Waals surface area contributed by atoms with Crippen LogP contribution in [0.1, 0.15) is 23.3 Å². The van der Waals surface area contributed by atoms with Gasteiger partial charge >= 0.3 is 0 Å². The molecule has 2 aliphatic heterocycles. The van der Waals surface area contributed by atoms with Gasteiger partial charge in [-0.2, -0.15) is 5.10 Å². The van der Waals surface area contributed by atoms with E-state index in [1.807, 2.05) is 35.2 Å². The van der Waals surface area contributed by atoms with Crippen molar-refractivity contribution in [2.75, 3.05) is 26.3 Å². The van der Waals surface area contributed by atoms with Gasteiger partial charge in [-0.25, -0.2) is 0 Å². The van der Waals surface area contributed by atoms with Gasteiger partial charge in [-0.15, -0.1) is 0 Å². The fraction of sp³-hybridized carbons (Fsp3) is 0.333. The van der Waals surface area contributed by atoms with Crippen LogP contribution in [0.2, 0.25) is 0 Å². The van der Waals surface area contributed by atoms with E-state index >= 15 is 0 Å². The van der Waals surface area contributed by atoms with E-state index in [4.69, 9.17) is 9.47 Å². The van der Waals surface area contributed by atoms with E-state index < -0.39 is 5.79 Å². The minimum Gasteiger partial charge on any atom is -0.347 e. The summed E-state index contributed by atoms with van der Waals surface area (Å²) in [4.78, 5) is 14.7. The van der Waals surface area contributed by atoms with Gasteiger partial charge in [-0.3, -0.25) is 9.89 Å². The molecule has 0 radical (unpaired) electrons. The van der Waals surface area contributed by atoms with Crippen LogP contribution in [0.15, 0.2) is 48.5 Å². The molecule has 2 saturated heterocycles. The number of hydrogen-bond donors (Lipinski definition) is 1. The highest BCUT2D eigenvalue weighted by Gasteiger charge is 2.41. The van der Waals surface area contributed by atoms with Crippen LogP contribution in [0.3, 0.4) is 0 Å². The molecule has 0 saturated carbocycles. The first-order valence-electron chi connectivity index (χ1n) is 9.35. The molecule has 6 heteroatoms. The first-order valence-corrected chi connectivity index (χ1v) is 9.35. The van der Waals surface area contributed by atoms with Crippen molar-refractivity contribution in [2.24, 2.45) is 0 Å². The van der Waals surface area contributed by atoms with E-state index in [0.717, 1.165) is 22.0 Å². The number of fused-ring (bicyclic) bond motifs is 1. The smallest absolute Gasteiger partial charge is 0.271 e. The van der Waals surface area contributed by atoms with Crippen LogP contribution in [-0.2, 0) is 9.47 Å². The van der Waals surface area contributed by atoms with Crippen LogP contribution in [0, 0.1) is 0 Å². The molecule has 0 bridgehead atoms. The Balaban J connectivity index is 1.37. The molecule has 5 rings (SSSR count). The van der Waals surface area contributed by atoms with Crippen molar-refractivity contribution in [1.82, 2.24) is 15.1 Å². The molecule has 3 aromatic rings. The highest BCUT2D eigenvalue weighted by molar-refractivity contribution is 5.98. The molecule has 138 valence electrons. The molecule has 6 nitrogen and oxygen atoms in total. The largest absolute Gasteiger partial charge is 0.347 e. The zero-order valence-corrected chi connectivity index (χ0v) is 15.0. The second-order valence-electron chi connectivity index (χ2n) is 7.09. The van der Waals surface area contributed by atoms with Gasteiger partial charge in [0.25, 0.3) is 5.91 Å². The molecule has 1 amide bonds. The molecule has 0 atom stereocenters. The summed E-state index contributed by atoms with van der Waals surface area (Å²) in [6.07, 6.45) is 1.42. The number of carbonyl (C=O) groups excluding carboxylic acids is 1. The molecule has 27 heavy (non-hydrogen) atoms. The van der Waals surface area contributed by atoms with Gasteiger partial charge in [-0.05, 0) is 16.8 Å². The van der Waals surface area contributed by atoms with Crippen molar-refractivity contribution in [3.8, 4) is 11.3 Å². The maximum atomic E-state index is 12.9. The normalized spacial score (nSPS) is 19.0. The first kappa shape index (κ1) is 16.5. The van der Waals surface area contributed by atoms with Crippen molar-refractivity contribution < 1.29 is 14.3 Å². The van der Waals surface area contributed by atoms with Gasteiger partial charge in [-0.1, -0.05) is 42.5 Å². The van der Waals surface area contributed by atoms with Crippen molar-refractivity contribution in [1.29, 1.82) is 0 Å². The molecule has 1 N–H and O–H groups in total. The van der Waals surface area contributed by atoms with Gasteiger partial charge in [0, 0.05) is 31.5 Å². The molecule has 1 aromatic heterocycles. The van der Waals surface area contributed by atoms with Crippen LogP contribution < -0.4 is 0 Å². The topological polar surface area (TPSA) is 67.5 Å². The molecule has 0 aliphatic carbocycles. The number of hydrogen-bond acceptors (Lipinski definition) is 4. The van der Waals surface area contributed by atoms with Crippen molar-refractivity contribution in [3.05, 3.63) is 54.2 Å². The van der Waals surface area contributed by atoms with Crippen LogP contribution in [0.25, 0.3) is 22.0 Å². The van der Waals surface area contributed by atoms with Crippen LogP contribution >= 0.6 is 0 Å². The van der Waals surface area contributed by atoms with E-state index in [9.17, 15) is 4.79 Å². The SMILES string of the molecule is O=C(c1cc(-c2cccc3ccccc23)n[nH]1)N1CCC2(CC1)OCCO2. The monoisotopic (exact) mass is 363 g/mol. The number of aromatic amines is 1. The molecule has 2 fully saturated rings. The summed E-state index contributed by atoms with van der Waals surface area (Å²) in [6.45, 7) is 2.54. The molecular formula is C21H21N3O3.